The first-order valence-corrected chi connectivity index (χ1v) is 8.35. The van der Waals surface area contributed by atoms with Gasteiger partial charge >= 0.3 is 5.63 Å². The Morgan fingerprint density at radius 3 is 2.69 bits per heavy atom. The van der Waals surface area contributed by atoms with Crippen LogP contribution in [0.5, 0.6) is 0 Å². The minimum Gasteiger partial charge on any atom is -0.427 e. The van der Waals surface area contributed by atoms with Crippen LogP contribution in [-0.2, 0) is 12.8 Å². The van der Waals surface area contributed by atoms with Crippen molar-refractivity contribution in [1.82, 2.24) is 15.0 Å². The highest BCUT2D eigenvalue weighted by Crippen LogP contribution is 2.38. The predicted molar refractivity (Wildman–Crippen MR) is 98.6 cm³/mol. The molecule has 126 valence electrons. The Bertz CT molecular complexity index is 1220. The lowest BCUT2D eigenvalue weighted by molar-refractivity contribution is 0.465. The summed E-state index contributed by atoms with van der Waals surface area (Å²) in [5.41, 5.74) is 9.79. The van der Waals surface area contributed by atoms with Gasteiger partial charge in [-0.1, -0.05) is 30.3 Å². The monoisotopic (exact) mass is 342 g/mol. The van der Waals surface area contributed by atoms with Gasteiger partial charge in [0.2, 0.25) is 0 Å². The number of rotatable bonds is 1. The second-order valence-electron chi connectivity index (χ2n) is 6.22. The molecule has 5 rings (SSSR count). The van der Waals surface area contributed by atoms with Gasteiger partial charge < -0.3 is 10.2 Å². The van der Waals surface area contributed by atoms with Gasteiger partial charge in [-0.2, -0.15) is 0 Å². The molecule has 0 fully saturated rings. The number of fused-ring (bicyclic) bond motifs is 5. The quantitative estimate of drug-likeness (QED) is 0.571. The van der Waals surface area contributed by atoms with Crippen LogP contribution in [0, 0.1) is 0 Å². The molecule has 0 saturated heterocycles. The van der Waals surface area contributed by atoms with Crippen LogP contribution in [0.25, 0.3) is 33.5 Å². The third-order valence-corrected chi connectivity index (χ3v) is 4.67. The largest absolute Gasteiger partial charge is 0.427 e. The molecule has 0 aliphatic heterocycles. The molecular weight excluding hydrogens is 328 g/mol. The molecule has 0 saturated carbocycles. The van der Waals surface area contributed by atoms with Gasteiger partial charge in [0.05, 0.1) is 5.52 Å². The van der Waals surface area contributed by atoms with Crippen molar-refractivity contribution < 1.29 is 4.42 Å². The summed E-state index contributed by atoms with van der Waals surface area (Å²) >= 11 is 0. The second kappa shape index (κ2) is 5.49. The zero-order valence-corrected chi connectivity index (χ0v) is 13.8. The van der Waals surface area contributed by atoms with E-state index in [4.69, 9.17) is 10.2 Å². The number of anilines is 1. The van der Waals surface area contributed by atoms with Gasteiger partial charge in [-0.25, -0.2) is 14.8 Å². The van der Waals surface area contributed by atoms with E-state index in [0.717, 1.165) is 17.5 Å². The van der Waals surface area contributed by atoms with Crippen LogP contribution in [0.2, 0.25) is 0 Å². The van der Waals surface area contributed by atoms with E-state index in [1.807, 2.05) is 36.4 Å². The van der Waals surface area contributed by atoms with Gasteiger partial charge in [0, 0.05) is 18.2 Å². The van der Waals surface area contributed by atoms with Crippen molar-refractivity contribution in [3.63, 3.8) is 0 Å². The van der Waals surface area contributed by atoms with Crippen LogP contribution in [0.3, 0.4) is 0 Å². The van der Waals surface area contributed by atoms with Crippen LogP contribution >= 0.6 is 0 Å². The fraction of sp³-hybridized carbons (Fsp3) is 0.100. The van der Waals surface area contributed by atoms with Gasteiger partial charge in [0.15, 0.2) is 5.82 Å². The van der Waals surface area contributed by atoms with Crippen molar-refractivity contribution in [3.8, 4) is 22.6 Å². The molecule has 3 heterocycles. The summed E-state index contributed by atoms with van der Waals surface area (Å²) < 4.78 is 5.57. The summed E-state index contributed by atoms with van der Waals surface area (Å²) in [6.45, 7) is 0. The number of hydrogen-bond acceptors (Lipinski definition) is 6. The van der Waals surface area contributed by atoms with E-state index < -0.39 is 5.63 Å². The summed E-state index contributed by atoms with van der Waals surface area (Å²) in [6, 6.07) is 13.6. The number of aromatic nitrogens is 3. The van der Waals surface area contributed by atoms with Crippen LogP contribution in [0.1, 0.15) is 11.3 Å². The molecule has 0 bridgehead atoms. The summed E-state index contributed by atoms with van der Waals surface area (Å²) in [4.78, 5) is 25.7. The fourth-order valence-corrected chi connectivity index (χ4v) is 3.50. The normalized spacial score (nSPS) is 12.6. The summed E-state index contributed by atoms with van der Waals surface area (Å²) in [7, 11) is 0. The Hall–Kier alpha value is -3.54. The zero-order chi connectivity index (χ0) is 17.7. The first kappa shape index (κ1) is 14.8. The van der Waals surface area contributed by atoms with Crippen molar-refractivity contribution >= 4 is 16.7 Å². The molecular formula is C20H14N4O2. The van der Waals surface area contributed by atoms with Gasteiger partial charge in [0.25, 0.3) is 0 Å². The highest BCUT2D eigenvalue weighted by Gasteiger charge is 2.25. The topological polar surface area (TPSA) is 94.9 Å². The van der Waals surface area contributed by atoms with Crippen LogP contribution in [-0.4, -0.2) is 15.0 Å². The molecule has 6 nitrogen and oxygen atoms in total. The van der Waals surface area contributed by atoms with Crippen molar-refractivity contribution in [2.75, 3.05) is 5.73 Å². The number of aryl methyl sites for hydroxylation is 2. The number of hydrogen-bond donors (Lipinski definition) is 1. The first-order chi connectivity index (χ1) is 12.7. The SMILES string of the molecule is Nc1nc(-c2ccccn2)nc2c3c(oc(=O)c12)CCc1ccccc1-3. The van der Waals surface area contributed by atoms with Crippen LogP contribution < -0.4 is 11.4 Å². The van der Waals surface area contributed by atoms with E-state index in [2.05, 4.69) is 21.0 Å². The Morgan fingerprint density at radius 1 is 1.00 bits per heavy atom. The van der Waals surface area contributed by atoms with Crippen LogP contribution in [0.4, 0.5) is 5.82 Å². The highest BCUT2D eigenvalue weighted by molar-refractivity contribution is 6.00. The molecule has 1 aromatic carbocycles. The minimum atomic E-state index is -0.497. The average Bonchev–Trinajstić information content (AvgIpc) is 2.68. The highest BCUT2D eigenvalue weighted by atomic mass is 16.4. The molecule has 0 amide bonds. The molecule has 0 unspecified atom stereocenters. The fourth-order valence-electron chi connectivity index (χ4n) is 3.50. The van der Waals surface area contributed by atoms with Gasteiger partial charge in [-0.15, -0.1) is 0 Å². The van der Waals surface area contributed by atoms with E-state index >= 15 is 0 Å². The molecule has 0 atom stereocenters. The lowest BCUT2D eigenvalue weighted by atomic mass is 9.88. The van der Waals surface area contributed by atoms with Crippen molar-refractivity contribution in [2.24, 2.45) is 0 Å². The maximum Gasteiger partial charge on any atom is 0.349 e. The number of benzene rings is 1. The molecule has 4 aromatic rings. The predicted octanol–water partition coefficient (Wildman–Crippen LogP) is 2.99. The van der Waals surface area contributed by atoms with Crippen LogP contribution in [0.15, 0.2) is 57.9 Å². The van der Waals surface area contributed by atoms with Gasteiger partial charge in [-0.05, 0) is 29.7 Å². The second-order valence-corrected chi connectivity index (χ2v) is 6.22. The maximum atomic E-state index is 12.5. The van der Waals surface area contributed by atoms with Crippen molar-refractivity contribution in [2.45, 2.75) is 12.8 Å². The molecule has 2 N–H and O–H groups in total. The molecule has 3 aromatic heterocycles. The summed E-state index contributed by atoms with van der Waals surface area (Å²) in [5, 5.41) is 0.222. The molecule has 1 aliphatic rings. The lowest BCUT2D eigenvalue weighted by Gasteiger charge is -2.19. The molecule has 6 heteroatoms. The molecule has 26 heavy (non-hydrogen) atoms. The van der Waals surface area contributed by atoms with E-state index in [0.29, 0.717) is 29.2 Å². The number of nitrogen functional groups attached to an aromatic ring is 1. The van der Waals surface area contributed by atoms with Crippen molar-refractivity contribution in [1.29, 1.82) is 0 Å². The third kappa shape index (κ3) is 2.12. The summed E-state index contributed by atoms with van der Waals surface area (Å²) in [5.74, 6) is 1.15. The third-order valence-electron chi connectivity index (χ3n) is 4.67. The van der Waals surface area contributed by atoms with Gasteiger partial charge in [-0.3, -0.25) is 4.98 Å². The van der Waals surface area contributed by atoms with E-state index in [1.54, 1.807) is 6.20 Å². The van der Waals surface area contributed by atoms with Gasteiger partial charge in [0.1, 0.15) is 22.7 Å². The summed E-state index contributed by atoms with van der Waals surface area (Å²) in [6.07, 6.45) is 3.15. The average molecular weight is 342 g/mol. The van der Waals surface area contributed by atoms with E-state index in [-0.39, 0.29) is 11.2 Å². The first-order valence-electron chi connectivity index (χ1n) is 8.35. The Morgan fingerprint density at radius 2 is 1.85 bits per heavy atom. The number of pyridine rings is 1. The van der Waals surface area contributed by atoms with E-state index in [1.165, 1.54) is 5.56 Å². The number of nitrogens with two attached hydrogens (primary N) is 1. The Balaban J connectivity index is 1.91. The Kier molecular flexibility index (Phi) is 3.12. The Labute approximate surface area is 148 Å². The number of nitrogens with zero attached hydrogens (tertiary/aromatic N) is 3. The van der Waals surface area contributed by atoms with Crippen molar-refractivity contribution in [3.05, 3.63) is 70.4 Å². The molecule has 0 spiro atoms. The molecule has 0 radical (unpaired) electrons. The standard InChI is InChI=1S/C20H14N4O2/c21-18-16-17(23-19(24-18)13-7-3-4-10-22-13)15-12-6-2-1-5-11(12)8-9-14(15)26-20(16)25/h1-7,10H,8-9H2,(H2,21,23,24). The molecule has 1 aliphatic carbocycles. The minimum absolute atomic E-state index is 0.107. The van der Waals surface area contributed by atoms with E-state index in [9.17, 15) is 4.79 Å². The zero-order valence-electron chi connectivity index (χ0n) is 13.8. The lowest BCUT2D eigenvalue weighted by Crippen LogP contribution is -2.14. The maximum absolute atomic E-state index is 12.5. The smallest absolute Gasteiger partial charge is 0.349 e.